The van der Waals surface area contributed by atoms with Crippen LogP contribution in [0.2, 0.25) is 0 Å². The zero-order valence-corrected chi connectivity index (χ0v) is 7.83. The summed E-state index contributed by atoms with van der Waals surface area (Å²) in [6.45, 7) is 0. The number of nitrogens with two attached hydrogens (primary N) is 1. The predicted octanol–water partition coefficient (Wildman–Crippen LogP) is 1.09. The van der Waals surface area contributed by atoms with Gasteiger partial charge in [-0.2, -0.15) is 0 Å². The Labute approximate surface area is 78.3 Å². The maximum atomic E-state index is 12.9. The standard InChI is InChI=1S/C7H6F3NO2S/c1-14(12,13)4-2-3(8)7(11)6(10)5(4)9/h2H,11H2,1H3. The van der Waals surface area contributed by atoms with E-state index in [0.717, 1.165) is 0 Å². The third-order valence-electron chi connectivity index (χ3n) is 1.56. The zero-order valence-electron chi connectivity index (χ0n) is 7.01. The number of hydrogen-bond acceptors (Lipinski definition) is 3. The van der Waals surface area contributed by atoms with Crippen LogP contribution < -0.4 is 5.73 Å². The lowest BCUT2D eigenvalue weighted by atomic mass is 10.3. The molecule has 0 unspecified atom stereocenters. The van der Waals surface area contributed by atoms with Gasteiger partial charge in [-0.05, 0) is 6.07 Å². The third-order valence-corrected chi connectivity index (χ3v) is 2.66. The highest BCUT2D eigenvalue weighted by Gasteiger charge is 2.22. The largest absolute Gasteiger partial charge is 0.394 e. The van der Waals surface area contributed by atoms with Gasteiger partial charge in [0.2, 0.25) is 0 Å². The van der Waals surface area contributed by atoms with E-state index in [4.69, 9.17) is 5.73 Å². The van der Waals surface area contributed by atoms with Crippen LogP contribution in [0.15, 0.2) is 11.0 Å². The normalized spacial score (nSPS) is 11.7. The van der Waals surface area contributed by atoms with Crippen molar-refractivity contribution in [2.75, 3.05) is 12.0 Å². The van der Waals surface area contributed by atoms with Crippen LogP contribution in [0.25, 0.3) is 0 Å². The maximum Gasteiger partial charge on any atom is 0.186 e. The van der Waals surface area contributed by atoms with E-state index in [1.165, 1.54) is 0 Å². The molecule has 0 aliphatic heterocycles. The fourth-order valence-electron chi connectivity index (χ4n) is 0.857. The molecule has 1 aromatic carbocycles. The van der Waals surface area contributed by atoms with Crippen LogP contribution in [0.3, 0.4) is 0 Å². The Hall–Kier alpha value is -1.24. The minimum Gasteiger partial charge on any atom is -0.394 e. The molecule has 78 valence electrons. The van der Waals surface area contributed by atoms with Gasteiger partial charge in [-0.25, -0.2) is 21.6 Å². The van der Waals surface area contributed by atoms with Crippen molar-refractivity contribution in [3.63, 3.8) is 0 Å². The van der Waals surface area contributed by atoms with Crippen molar-refractivity contribution in [3.8, 4) is 0 Å². The van der Waals surface area contributed by atoms with E-state index in [0.29, 0.717) is 12.3 Å². The maximum absolute atomic E-state index is 12.9. The number of hydrogen-bond donors (Lipinski definition) is 1. The lowest BCUT2D eigenvalue weighted by Crippen LogP contribution is -2.07. The second-order valence-corrected chi connectivity index (χ2v) is 4.65. The van der Waals surface area contributed by atoms with Gasteiger partial charge in [-0.15, -0.1) is 0 Å². The summed E-state index contributed by atoms with van der Waals surface area (Å²) in [5, 5.41) is 0. The van der Waals surface area contributed by atoms with Crippen LogP contribution in [0.5, 0.6) is 0 Å². The van der Waals surface area contributed by atoms with Crippen LogP contribution >= 0.6 is 0 Å². The minimum absolute atomic E-state index is 0.350. The Bertz CT molecular complexity index is 484. The van der Waals surface area contributed by atoms with E-state index >= 15 is 0 Å². The summed E-state index contributed by atoms with van der Waals surface area (Å²) < 4.78 is 60.2. The van der Waals surface area contributed by atoms with E-state index < -0.39 is 37.9 Å². The number of nitrogen functional groups attached to an aromatic ring is 1. The van der Waals surface area contributed by atoms with Crippen molar-refractivity contribution >= 4 is 15.5 Å². The topological polar surface area (TPSA) is 60.2 Å². The number of benzene rings is 1. The second kappa shape index (κ2) is 3.16. The first-order chi connectivity index (χ1) is 6.25. The van der Waals surface area contributed by atoms with Crippen molar-refractivity contribution < 1.29 is 21.6 Å². The Morgan fingerprint density at radius 3 is 2.14 bits per heavy atom. The van der Waals surface area contributed by atoms with Gasteiger partial charge in [-0.1, -0.05) is 0 Å². The van der Waals surface area contributed by atoms with Crippen LogP contribution in [-0.4, -0.2) is 14.7 Å². The van der Waals surface area contributed by atoms with E-state index in [-0.39, 0.29) is 0 Å². The molecule has 0 amide bonds. The number of anilines is 1. The first-order valence-corrected chi connectivity index (χ1v) is 5.27. The van der Waals surface area contributed by atoms with Crippen molar-refractivity contribution in [2.24, 2.45) is 0 Å². The Morgan fingerprint density at radius 2 is 1.71 bits per heavy atom. The quantitative estimate of drug-likeness (QED) is 0.575. The van der Waals surface area contributed by atoms with Crippen LogP contribution in [0.1, 0.15) is 0 Å². The molecule has 0 atom stereocenters. The molecule has 0 bridgehead atoms. The molecule has 7 heteroatoms. The molecule has 0 fully saturated rings. The monoisotopic (exact) mass is 225 g/mol. The first kappa shape index (κ1) is 10.8. The fourth-order valence-corrected chi connectivity index (χ4v) is 1.59. The fraction of sp³-hybridized carbons (Fsp3) is 0.143. The van der Waals surface area contributed by atoms with Crippen molar-refractivity contribution in [3.05, 3.63) is 23.5 Å². The molecule has 2 N–H and O–H groups in total. The molecule has 0 spiro atoms. The number of rotatable bonds is 1. The van der Waals surface area contributed by atoms with Crippen molar-refractivity contribution in [1.29, 1.82) is 0 Å². The number of halogens is 3. The Balaban J connectivity index is 3.66. The van der Waals surface area contributed by atoms with E-state index in [1.807, 2.05) is 0 Å². The molecule has 0 saturated carbocycles. The first-order valence-electron chi connectivity index (χ1n) is 3.38. The van der Waals surface area contributed by atoms with Crippen molar-refractivity contribution in [1.82, 2.24) is 0 Å². The zero-order chi connectivity index (χ0) is 11.1. The summed E-state index contributed by atoms with van der Waals surface area (Å²) in [6.07, 6.45) is 0.639. The number of sulfone groups is 1. The predicted molar refractivity (Wildman–Crippen MR) is 43.8 cm³/mol. The molecule has 0 aromatic heterocycles. The molecule has 14 heavy (non-hydrogen) atoms. The van der Waals surface area contributed by atoms with Gasteiger partial charge in [0, 0.05) is 6.26 Å². The Kier molecular flexibility index (Phi) is 2.45. The van der Waals surface area contributed by atoms with Gasteiger partial charge in [0.25, 0.3) is 0 Å². The molecule has 0 saturated heterocycles. The summed E-state index contributed by atoms with van der Waals surface area (Å²) in [5.74, 6) is -4.65. The SMILES string of the molecule is CS(=O)(=O)c1cc(F)c(N)c(F)c1F. The average Bonchev–Trinajstić information content (AvgIpc) is 2.06. The smallest absolute Gasteiger partial charge is 0.186 e. The lowest BCUT2D eigenvalue weighted by molar-refractivity contribution is 0.476. The molecule has 1 rings (SSSR count). The highest BCUT2D eigenvalue weighted by molar-refractivity contribution is 7.90. The van der Waals surface area contributed by atoms with Gasteiger partial charge in [0.05, 0.1) is 0 Å². The van der Waals surface area contributed by atoms with E-state index in [2.05, 4.69) is 0 Å². The van der Waals surface area contributed by atoms with Crippen molar-refractivity contribution in [2.45, 2.75) is 4.90 Å². The molecule has 0 heterocycles. The van der Waals surface area contributed by atoms with E-state index in [9.17, 15) is 21.6 Å². The summed E-state index contributed by atoms with van der Waals surface area (Å²) >= 11 is 0. The average molecular weight is 225 g/mol. The lowest BCUT2D eigenvalue weighted by Gasteiger charge is -2.04. The van der Waals surface area contributed by atoms with Crippen LogP contribution in [0.4, 0.5) is 18.9 Å². The van der Waals surface area contributed by atoms with Gasteiger partial charge in [0.1, 0.15) is 10.6 Å². The van der Waals surface area contributed by atoms with Crippen LogP contribution in [-0.2, 0) is 9.84 Å². The minimum atomic E-state index is -4.01. The molecule has 0 aliphatic rings. The second-order valence-electron chi connectivity index (χ2n) is 2.67. The highest BCUT2D eigenvalue weighted by Crippen LogP contribution is 2.24. The summed E-state index contributed by atoms with van der Waals surface area (Å²) in [6, 6.07) is 0.350. The molecule has 3 nitrogen and oxygen atoms in total. The summed E-state index contributed by atoms with van der Waals surface area (Å²) in [7, 11) is -4.01. The highest BCUT2D eigenvalue weighted by atomic mass is 32.2. The summed E-state index contributed by atoms with van der Waals surface area (Å²) in [4.78, 5) is -1.04. The molecule has 0 aliphatic carbocycles. The van der Waals surface area contributed by atoms with Crippen LogP contribution in [0, 0.1) is 17.5 Å². The molecule has 0 radical (unpaired) electrons. The molecule has 1 aromatic rings. The van der Waals surface area contributed by atoms with Gasteiger partial charge in [0.15, 0.2) is 27.3 Å². The summed E-state index contributed by atoms with van der Waals surface area (Å²) in [5.41, 5.74) is 3.78. The van der Waals surface area contributed by atoms with E-state index in [1.54, 1.807) is 0 Å². The van der Waals surface area contributed by atoms with Gasteiger partial charge < -0.3 is 5.73 Å². The van der Waals surface area contributed by atoms with Gasteiger partial charge >= 0.3 is 0 Å². The third kappa shape index (κ3) is 1.67. The van der Waals surface area contributed by atoms with Gasteiger partial charge in [-0.3, -0.25) is 0 Å². The molecular formula is C7H6F3NO2S. The molecular weight excluding hydrogens is 219 g/mol. The Morgan fingerprint density at radius 1 is 1.21 bits per heavy atom.